The highest BCUT2D eigenvalue weighted by molar-refractivity contribution is 5.92. The van der Waals surface area contributed by atoms with Crippen molar-refractivity contribution in [2.24, 2.45) is 10.2 Å². The zero-order valence-corrected chi connectivity index (χ0v) is 13.3. The van der Waals surface area contributed by atoms with Gasteiger partial charge >= 0.3 is 11.2 Å². The molecule has 0 atom stereocenters. The van der Waals surface area contributed by atoms with Gasteiger partial charge in [-0.2, -0.15) is 4.63 Å². The third kappa shape index (κ3) is 2.13. The van der Waals surface area contributed by atoms with E-state index in [2.05, 4.69) is 30.2 Å². The Balaban J connectivity index is 2.17. The first-order valence-electron chi connectivity index (χ1n) is 7.24. The summed E-state index contributed by atoms with van der Waals surface area (Å²) in [7, 11) is 0. The zero-order valence-electron chi connectivity index (χ0n) is 13.3. The van der Waals surface area contributed by atoms with Crippen LogP contribution in [0.15, 0.2) is 34.5 Å². The van der Waals surface area contributed by atoms with E-state index in [9.17, 15) is 20.2 Å². The van der Waals surface area contributed by atoms with Crippen LogP contribution in [0.5, 0.6) is 0 Å². The molecule has 0 fully saturated rings. The lowest BCUT2D eigenvalue weighted by Gasteiger charge is -1.99. The van der Waals surface area contributed by atoms with E-state index in [1.165, 1.54) is 24.3 Å². The highest BCUT2D eigenvalue weighted by Crippen LogP contribution is 2.36. The molecule has 2 aromatic carbocycles. The summed E-state index contributed by atoms with van der Waals surface area (Å²) in [6.07, 6.45) is 0. The smallest absolute Gasteiger partial charge is 0.263 e. The van der Waals surface area contributed by atoms with Crippen molar-refractivity contribution < 1.29 is 14.5 Å². The van der Waals surface area contributed by atoms with E-state index in [0.29, 0.717) is 0 Å². The van der Waals surface area contributed by atoms with Gasteiger partial charge in [-0.1, -0.05) is 16.3 Å². The number of aromatic nitrogens is 4. The van der Waals surface area contributed by atoms with Crippen LogP contribution in [0.2, 0.25) is 0 Å². The van der Waals surface area contributed by atoms with Gasteiger partial charge in [-0.25, -0.2) is 0 Å². The number of nitrogens with zero attached hydrogens (tertiary/aromatic N) is 12. The Morgan fingerprint density at radius 2 is 1.64 bits per heavy atom. The van der Waals surface area contributed by atoms with Gasteiger partial charge in [-0.15, -0.1) is 4.63 Å². The fourth-order valence-electron chi connectivity index (χ4n) is 2.84. The minimum Gasteiger partial charge on any atom is -0.263 e. The Morgan fingerprint density at radius 3 is 2.25 bits per heavy atom. The van der Waals surface area contributed by atoms with Crippen LogP contribution in [0, 0.1) is 20.2 Å². The molecule has 0 unspecified atom stereocenters. The summed E-state index contributed by atoms with van der Waals surface area (Å²) in [6, 6.07) is 5.19. The van der Waals surface area contributed by atoms with Gasteiger partial charge in [-0.3, -0.25) is 25.3 Å². The Kier molecular flexibility index (Phi) is 3.42. The Bertz CT molecular complexity index is 1330. The second kappa shape index (κ2) is 5.80. The number of hydrogen-bond acceptors (Lipinski definition) is 7. The highest BCUT2D eigenvalue weighted by atomic mass is 16.6. The minimum atomic E-state index is -0.746. The van der Waals surface area contributed by atoms with E-state index >= 15 is 0 Å². The molecule has 0 radical (unpaired) electrons. The number of nitro benzene ring substituents is 2. The summed E-state index contributed by atoms with van der Waals surface area (Å²) in [5, 5.41) is 37.7. The van der Waals surface area contributed by atoms with Crippen molar-refractivity contribution in [3.8, 4) is 0 Å². The fourth-order valence-corrected chi connectivity index (χ4v) is 2.84. The standard InChI is InChI=1S/C12H4N12O4/c13-19-15-5-1-3-7-9(11(5)23(25)26)17-22-8-4-2-6(16-20-14)12(24(27)28)10(8)18-21(7)22/h1-4H. The predicted molar refractivity (Wildman–Crippen MR) is 90.1 cm³/mol. The molecule has 0 N–H and O–H groups in total. The van der Waals surface area contributed by atoms with Gasteiger partial charge in [0.15, 0.2) is 5.52 Å². The Labute approximate surface area is 150 Å². The van der Waals surface area contributed by atoms with Crippen LogP contribution in [-0.4, -0.2) is 19.6 Å². The molecule has 16 heteroatoms. The molecule has 0 spiro atoms. The van der Waals surface area contributed by atoms with E-state index in [1.54, 1.807) is 0 Å². The van der Waals surface area contributed by atoms with Crippen LogP contribution in [0.1, 0.15) is 0 Å². The van der Waals surface area contributed by atoms with Crippen LogP contribution >= 0.6 is 0 Å². The lowest BCUT2D eigenvalue weighted by molar-refractivity contribution is -0.654. The Hall–Kier alpha value is -4.94. The van der Waals surface area contributed by atoms with Crippen LogP contribution < -0.4 is 9.73 Å². The molecule has 2 heterocycles. The number of nitro groups is 2. The van der Waals surface area contributed by atoms with Crippen molar-refractivity contribution in [3.63, 3.8) is 0 Å². The molecule has 0 amide bonds. The summed E-state index contributed by atoms with van der Waals surface area (Å²) >= 11 is 0. The number of benzene rings is 2. The topological polar surface area (TPSA) is 219 Å². The molecule has 0 aliphatic carbocycles. The number of azide groups is 2. The molecule has 0 aliphatic heterocycles. The monoisotopic (exact) mass is 380 g/mol. The van der Waals surface area contributed by atoms with Crippen molar-refractivity contribution in [1.29, 1.82) is 0 Å². The van der Waals surface area contributed by atoms with Crippen LogP contribution in [-0.2, 0) is 0 Å². The van der Waals surface area contributed by atoms with Crippen LogP contribution in [0.3, 0.4) is 0 Å². The average Bonchev–Trinajstić information content (AvgIpc) is 3.17. The van der Waals surface area contributed by atoms with E-state index in [4.69, 9.17) is 11.1 Å². The maximum Gasteiger partial charge on any atom is 0.334 e. The largest absolute Gasteiger partial charge is 0.334 e. The second-order valence-electron chi connectivity index (χ2n) is 5.27. The van der Waals surface area contributed by atoms with E-state index in [0.717, 1.165) is 9.26 Å². The predicted octanol–water partition coefficient (Wildman–Crippen LogP) is 2.88. The first kappa shape index (κ1) is 16.5. The molecule has 0 aliphatic rings. The van der Waals surface area contributed by atoms with Gasteiger partial charge in [0.2, 0.25) is 0 Å². The molecular formula is C12H4N12O4. The van der Waals surface area contributed by atoms with Gasteiger partial charge in [0.25, 0.3) is 5.69 Å². The third-order valence-electron chi connectivity index (χ3n) is 3.89. The minimum absolute atomic E-state index is 0.119. The van der Waals surface area contributed by atoms with Crippen molar-refractivity contribution in [2.45, 2.75) is 0 Å². The maximum atomic E-state index is 11.4. The summed E-state index contributed by atoms with van der Waals surface area (Å²) < 4.78 is 2.25. The summed E-state index contributed by atoms with van der Waals surface area (Å²) in [6.45, 7) is 0. The fraction of sp³-hybridized carbons (Fsp3) is 0. The van der Waals surface area contributed by atoms with Gasteiger partial charge in [0.05, 0.1) is 20.9 Å². The zero-order chi connectivity index (χ0) is 20.0. The first-order valence-corrected chi connectivity index (χ1v) is 7.24. The van der Waals surface area contributed by atoms with Gasteiger partial charge in [0, 0.05) is 9.82 Å². The molecule has 136 valence electrons. The highest BCUT2D eigenvalue weighted by Gasteiger charge is 2.28. The van der Waals surface area contributed by atoms with E-state index in [1.807, 2.05) is 0 Å². The summed E-state index contributed by atoms with van der Waals surface area (Å²) in [5.74, 6) is 0. The first-order chi connectivity index (χ1) is 13.5. The molecule has 2 aromatic heterocycles. The number of hydrogen-bond donors (Lipinski definition) is 0. The van der Waals surface area contributed by atoms with Crippen molar-refractivity contribution in [2.75, 3.05) is 0 Å². The van der Waals surface area contributed by atoms with Gasteiger partial charge in [0.1, 0.15) is 11.4 Å². The van der Waals surface area contributed by atoms with Gasteiger partial charge in [-0.05, 0) is 34.4 Å². The lowest BCUT2D eigenvalue weighted by Crippen LogP contribution is -2.30. The number of rotatable bonds is 4. The van der Waals surface area contributed by atoms with Gasteiger partial charge < -0.3 is 0 Å². The summed E-state index contributed by atoms with van der Waals surface area (Å²) in [4.78, 5) is 26.5. The van der Waals surface area contributed by atoms with Crippen molar-refractivity contribution in [3.05, 3.63) is 65.4 Å². The average molecular weight is 380 g/mol. The molecular weight excluding hydrogens is 376 g/mol. The summed E-state index contributed by atoms with van der Waals surface area (Å²) in [5.41, 5.74) is 15.7. The second-order valence-corrected chi connectivity index (χ2v) is 5.27. The third-order valence-corrected chi connectivity index (χ3v) is 3.89. The quantitative estimate of drug-likeness (QED) is 0.129. The van der Waals surface area contributed by atoms with Crippen LogP contribution in [0.4, 0.5) is 22.7 Å². The normalized spacial score (nSPS) is 10.7. The van der Waals surface area contributed by atoms with E-state index in [-0.39, 0.29) is 33.4 Å². The molecule has 4 aromatic rings. The van der Waals surface area contributed by atoms with Crippen molar-refractivity contribution >= 4 is 44.8 Å². The lowest BCUT2D eigenvalue weighted by atomic mass is 10.2. The van der Waals surface area contributed by atoms with Crippen LogP contribution in [0.25, 0.3) is 43.0 Å². The molecule has 16 nitrogen and oxygen atoms in total. The molecule has 0 saturated heterocycles. The van der Waals surface area contributed by atoms with E-state index < -0.39 is 21.2 Å². The molecule has 0 bridgehead atoms. The maximum absolute atomic E-state index is 11.4. The Morgan fingerprint density at radius 1 is 1.04 bits per heavy atom. The molecule has 4 rings (SSSR count). The molecule has 28 heavy (non-hydrogen) atoms. The SMILES string of the molecule is [N-]=[N+]=Nc1ccc2c(nn3c4ccc(N=[N+]=[N-])c([N+](=O)[O-])c4[n-][n+]23)c1[N+](=O)[O-]. The molecule has 0 saturated carbocycles. The van der Waals surface area contributed by atoms with Crippen molar-refractivity contribution in [1.82, 2.24) is 14.8 Å². The number of fused-ring (bicyclic) bond motifs is 5.